The van der Waals surface area contributed by atoms with Crippen LogP contribution in [0.25, 0.3) is 28.0 Å². The Hall–Kier alpha value is -3.61. The Bertz CT molecular complexity index is 1660. The first-order valence-electron chi connectivity index (χ1n) is 15.5. The van der Waals surface area contributed by atoms with Crippen LogP contribution in [0.5, 0.6) is 0 Å². The number of benzene rings is 2. The van der Waals surface area contributed by atoms with Crippen LogP contribution in [0.3, 0.4) is 0 Å². The molecule has 0 aliphatic carbocycles. The van der Waals surface area contributed by atoms with Crippen molar-refractivity contribution in [2.75, 3.05) is 45.9 Å². The van der Waals surface area contributed by atoms with Crippen molar-refractivity contribution in [2.24, 2.45) is 16.5 Å². The van der Waals surface area contributed by atoms with E-state index < -0.39 is 11.5 Å². The summed E-state index contributed by atoms with van der Waals surface area (Å²) in [6, 6.07) is 13.1. The third-order valence-corrected chi connectivity index (χ3v) is 8.15. The lowest BCUT2D eigenvalue weighted by atomic mass is 10.0. The number of morpholine rings is 1. The van der Waals surface area contributed by atoms with Crippen molar-refractivity contribution in [3.05, 3.63) is 81.1 Å². The van der Waals surface area contributed by atoms with Crippen LogP contribution in [0.4, 0.5) is 4.39 Å². The van der Waals surface area contributed by atoms with Gasteiger partial charge in [-0.3, -0.25) is 14.5 Å². The largest absolute Gasteiger partial charge is 0.386 e. The number of rotatable bonds is 14. The summed E-state index contributed by atoms with van der Waals surface area (Å²) in [5, 5.41) is 4.17. The molecule has 1 aliphatic rings. The minimum Gasteiger partial charge on any atom is -0.386 e. The van der Waals surface area contributed by atoms with Crippen molar-refractivity contribution in [2.45, 2.75) is 45.2 Å². The van der Waals surface area contributed by atoms with Gasteiger partial charge >= 0.3 is 5.69 Å². The Morgan fingerprint density at radius 1 is 1.18 bits per heavy atom. The predicted octanol–water partition coefficient (Wildman–Crippen LogP) is 4.01. The van der Waals surface area contributed by atoms with Crippen LogP contribution in [0, 0.1) is 5.82 Å². The van der Waals surface area contributed by atoms with Crippen molar-refractivity contribution in [1.29, 1.82) is 0 Å². The molecule has 0 radical (unpaired) electrons. The van der Waals surface area contributed by atoms with E-state index in [1.807, 2.05) is 31.2 Å². The van der Waals surface area contributed by atoms with Gasteiger partial charge in [-0.2, -0.15) is 4.98 Å². The number of aromatic nitrogens is 3. The second-order valence-corrected chi connectivity index (χ2v) is 12.1. The first-order valence-corrected chi connectivity index (χ1v) is 15.9. The minimum absolute atomic E-state index is 0.0572. The maximum atomic E-state index is 15.1. The van der Waals surface area contributed by atoms with Gasteiger partial charge in [-0.25, -0.2) is 9.18 Å². The summed E-state index contributed by atoms with van der Waals surface area (Å²) in [5.74, 6) is 0.153. The van der Waals surface area contributed by atoms with E-state index in [1.165, 1.54) is 4.57 Å². The second kappa shape index (κ2) is 15.6. The number of aromatic amines is 1. The highest BCUT2D eigenvalue weighted by atomic mass is 35.5. The molecule has 0 spiro atoms. The van der Waals surface area contributed by atoms with E-state index in [0.29, 0.717) is 53.4 Å². The number of nitrogens with one attached hydrogen (secondary N) is 2. The highest BCUT2D eigenvalue weighted by Gasteiger charge is 2.16. The van der Waals surface area contributed by atoms with E-state index in [0.717, 1.165) is 69.7 Å². The molecule has 1 aliphatic heterocycles. The van der Waals surface area contributed by atoms with Crippen molar-refractivity contribution >= 4 is 28.5 Å². The summed E-state index contributed by atoms with van der Waals surface area (Å²) < 4.78 is 21.9. The fourth-order valence-corrected chi connectivity index (χ4v) is 5.65. The van der Waals surface area contributed by atoms with Crippen molar-refractivity contribution in [3.63, 3.8) is 0 Å². The van der Waals surface area contributed by atoms with E-state index >= 15 is 4.39 Å². The van der Waals surface area contributed by atoms with Crippen molar-refractivity contribution in [3.8, 4) is 16.9 Å². The van der Waals surface area contributed by atoms with Gasteiger partial charge in [0.05, 0.1) is 36.2 Å². The molecule has 0 saturated carbocycles. The molecule has 0 bridgehead atoms. The Morgan fingerprint density at radius 2 is 1.96 bits per heavy atom. The number of ether oxygens (including phenoxy) is 1. The Labute approximate surface area is 267 Å². The molecule has 45 heavy (non-hydrogen) atoms. The lowest BCUT2D eigenvalue weighted by molar-refractivity contribution is 0.0451. The summed E-state index contributed by atoms with van der Waals surface area (Å²) in [6.45, 7) is 8.13. The van der Waals surface area contributed by atoms with Gasteiger partial charge in [0.1, 0.15) is 11.5 Å². The predicted molar refractivity (Wildman–Crippen MR) is 179 cm³/mol. The highest BCUT2D eigenvalue weighted by Crippen LogP contribution is 2.31. The van der Waals surface area contributed by atoms with Crippen molar-refractivity contribution < 1.29 is 9.13 Å². The average molecular weight is 637 g/mol. The molecule has 1 atom stereocenters. The number of aliphatic imine (C=N–C) groups is 1. The van der Waals surface area contributed by atoms with E-state index in [2.05, 4.69) is 25.2 Å². The maximum absolute atomic E-state index is 15.1. The zero-order valence-electron chi connectivity index (χ0n) is 25.7. The number of halogens is 2. The third kappa shape index (κ3) is 8.99. The van der Waals surface area contributed by atoms with Gasteiger partial charge in [0.25, 0.3) is 0 Å². The Balaban J connectivity index is 1.18. The van der Waals surface area contributed by atoms with Crippen LogP contribution in [-0.4, -0.2) is 77.2 Å². The number of amidine groups is 1. The Morgan fingerprint density at radius 3 is 2.71 bits per heavy atom. The topological polar surface area (TPSA) is 140 Å². The van der Waals surface area contributed by atoms with E-state index in [1.54, 1.807) is 24.4 Å². The molecular formula is C33H42ClFN8O2. The van der Waals surface area contributed by atoms with Crippen LogP contribution in [0.2, 0.25) is 5.02 Å². The van der Waals surface area contributed by atoms with Crippen LogP contribution >= 0.6 is 11.6 Å². The van der Waals surface area contributed by atoms with Gasteiger partial charge in [-0.05, 0) is 80.6 Å². The zero-order chi connectivity index (χ0) is 31.8. The number of hydrogen-bond donors (Lipinski definition) is 4. The highest BCUT2D eigenvalue weighted by molar-refractivity contribution is 6.31. The summed E-state index contributed by atoms with van der Waals surface area (Å²) in [4.78, 5) is 27.0. The molecular weight excluding hydrogens is 595 g/mol. The molecule has 1 saturated heterocycles. The normalized spacial score (nSPS) is 15.2. The van der Waals surface area contributed by atoms with Crippen LogP contribution < -0.4 is 22.5 Å². The van der Waals surface area contributed by atoms with Gasteiger partial charge in [-0.15, -0.1) is 0 Å². The fourth-order valence-electron chi connectivity index (χ4n) is 5.41. The summed E-state index contributed by atoms with van der Waals surface area (Å²) in [5.41, 5.74) is 15.5. The summed E-state index contributed by atoms with van der Waals surface area (Å²) in [6.07, 6.45) is 5.09. The quantitative estimate of drug-likeness (QED) is 0.0932. The molecule has 2 aromatic carbocycles. The van der Waals surface area contributed by atoms with E-state index in [9.17, 15) is 4.79 Å². The Kier molecular flexibility index (Phi) is 11.4. The standard InChI is InChI=1S/C33H42ClFN8O2/c1-22(36)4-2-5-24-16-27(31(35)28(34)17-24)29-18-25-20-43(33(44)41-32(25)40-29)26-8-6-23(7-9-26)19-38-10-3-11-39-30(37)21-42-12-14-45-15-13-42/h6-9,16-18,20,22,38H,2-5,10-15,19,21,36H2,1H3,(H2,37,39)(H,40,41,44). The zero-order valence-corrected chi connectivity index (χ0v) is 26.5. The van der Waals surface area contributed by atoms with Crippen molar-refractivity contribution in [1.82, 2.24) is 24.8 Å². The van der Waals surface area contributed by atoms with Crippen LogP contribution in [0.1, 0.15) is 37.3 Å². The number of aryl methyl sites for hydroxylation is 1. The lowest BCUT2D eigenvalue weighted by Gasteiger charge is -2.26. The minimum atomic E-state index is -0.515. The molecule has 10 nitrogen and oxygen atoms in total. The van der Waals surface area contributed by atoms with Gasteiger partial charge in [0.2, 0.25) is 0 Å². The molecule has 3 heterocycles. The van der Waals surface area contributed by atoms with Gasteiger partial charge in [-0.1, -0.05) is 23.7 Å². The molecule has 240 valence electrons. The number of fused-ring (bicyclic) bond motifs is 1. The maximum Gasteiger partial charge on any atom is 0.354 e. The second-order valence-electron chi connectivity index (χ2n) is 11.6. The van der Waals surface area contributed by atoms with Crippen LogP contribution in [0.15, 0.2) is 58.4 Å². The molecule has 2 aromatic heterocycles. The molecule has 0 amide bonds. The van der Waals surface area contributed by atoms with E-state index in [-0.39, 0.29) is 11.1 Å². The molecule has 4 aromatic rings. The molecule has 12 heteroatoms. The summed E-state index contributed by atoms with van der Waals surface area (Å²) in [7, 11) is 0. The average Bonchev–Trinajstić information content (AvgIpc) is 3.43. The van der Waals surface area contributed by atoms with E-state index in [4.69, 9.17) is 27.8 Å². The third-order valence-electron chi connectivity index (χ3n) is 7.87. The monoisotopic (exact) mass is 636 g/mol. The lowest BCUT2D eigenvalue weighted by Crippen LogP contribution is -2.41. The number of nitrogens with two attached hydrogens (primary N) is 2. The number of H-pyrrole nitrogens is 1. The fraction of sp³-hybridized carbons (Fsp3) is 0.424. The van der Waals surface area contributed by atoms with Gasteiger partial charge < -0.3 is 26.5 Å². The smallest absolute Gasteiger partial charge is 0.354 e. The number of nitrogens with zero attached hydrogens (tertiary/aromatic N) is 4. The summed E-state index contributed by atoms with van der Waals surface area (Å²) >= 11 is 6.25. The first kappa shape index (κ1) is 32.8. The molecule has 1 unspecified atom stereocenters. The molecule has 1 fully saturated rings. The molecule has 5 rings (SSSR count). The van der Waals surface area contributed by atoms with Gasteiger partial charge in [0, 0.05) is 49.4 Å². The first-order chi connectivity index (χ1) is 21.8. The number of hydrogen-bond acceptors (Lipinski definition) is 7. The SMILES string of the molecule is CC(N)CCCc1cc(Cl)c(F)c(-c2cc3cn(-c4ccc(CNCCCN=C(N)CN5CCOCC5)cc4)c(=O)nc3[nH]2)c1. The molecule has 6 N–H and O–H groups in total. The van der Waals surface area contributed by atoms with Gasteiger partial charge in [0.15, 0.2) is 5.82 Å². The van der Waals surface area contributed by atoms with Crippen LogP contribution in [-0.2, 0) is 17.7 Å².